The summed E-state index contributed by atoms with van der Waals surface area (Å²) in [5.74, 6) is 1.01. The predicted molar refractivity (Wildman–Crippen MR) is 47.4 cm³/mol. The number of nitrogens with zero attached hydrogens (tertiary/aromatic N) is 1. The molecule has 2 heterocycles. The summed E-state index contributed by atoms with van der Waals surface area (Å²) in [4.78, 5) is 4.22. The summed E-state index contributed by atoms with van der Waals surface area (Å²) in [6.45, 7) is 2.05. The molecular formula is C9H12N2. The van der Waals surface area contributed by atoms with Crippen molar-refractivity contribution in [3.05, 3.63) is 35.7 Å². The molecule has 58 valence electrons. The van der Waals surface area contributed by atoms with E-state index in [9.17, 15) is 0 Å². The lowest BCUT2D eigenvalue weighted by Gasteiger charge is -2.14. The van der Waals surface area contributed by atoms with Crippen molar-refractivity contribution >= 4 is 5.82 Å². The number of pyridine rings is 1. The Labute approximate surface area is 67.5 Å². The molecule has 0 aromatic carbocycles. The van der Waals surface area contributed by atoms with Gasteiger partial charge in [-0.3, -0.25) is 0 Å². The molecule has 2 rings (SSSR count). The van der Waals surface area contributed by atoms with E-state index in [1.165, 1.54) is 11.3 Å². The fourth-order valence-corrected chi connectivity index (χ4v) is 1.22. The van der Waals surface area contributed by atoms with E-state index in [0.29, 0.717) is 0 Å². The molecule has 0 amide bonds. The van der Waals surface area contributed by atoms with E-state index in [1.807, 2.05) is 12.3 Å². The zero-order chi connectivity index (χ0) is 7.68. The van der Waals surface area contributed by atoms with E-state index >= 15 is 0 Å². The summed E-state index contributed by atoms with van der Waals surface area (Å²) in [5, 5.41) is 3.21. The van der Waals surface area contributed by atoms with Gasteiger partial charge in [-0.15, -0.1) is 0 Å². The molecule has 1 aromatic heterocycles. The standard InChI is InChI=1S/C9H10N2.H2/c1-7-4-5-8-3-2-6-10-9(8)11-7;/h2-4,6H,5H2,1H3,(H,10,11);1H. The van der Waals surface area contributed by atoms with Gasteiger partial charge in [0.05, 0.1) is 0 Å². The second-order valence-electron chi connectivity index (χ2n) is 2.73. The molecule has 0 unspecified atom stereocenters. The fraction of sp³-hybridized carbons (Fsp3) is 0.222. The highest BCUT2D eigenvalue weighted by molar-refractivity contribution is 5.52. The minimum atomic E-state index is 0. The lowest BCUT2D eigenvalue weighted by molar-refractivity contribution is 1.11. The van der Waals surface area contributed by atoms with Crippen LogP contribution in [-0.4, -0.2) is 4.98 Å². The maximum Gasteiger partial charge on any atom is 0.133 e. The molecule has 2 nitrogen and oxygen atoms in total. The third-order valence-electron chi connectivity index (χ3n) is 1.84. The number of rotatable bonds is 0. The van der Waals surface area contributed by atoms with Crippen molar-refractivity contribution in [1.82, 2.24) is 4.98 Å². The van der Waals surface area contributed by atoms with Gasteiger partial charge < -0.3 is 5.32 Å². The number of aromatic nitrogens is 1. The second kappa shape index (κ2) is 2.38. The normalized spacial score (nSPS) is 14.8. The second-order valence-corrected chi connectivity index (χ2v) is 2.73. The van der Waals surface area contributed by atoms with Crippen LogP contribution in [0, 0.1) is 0 Å². The Hall–Kier alpha value is -1.31. The van der Waals surface area contributed by atoms with E-state index < -0.39 is 0 Å². The number of nitrogens with one attached hydrogen (secondary N) is 1. The molecule has 1 N–H and O–H groups in total. The lowest BCUT2D eigenvalue weighted by atomic mass is 10.1. The van der Waals surface area contributed by atoms with Gasteiger partial charge in [-0.2, -0.15) is 0 Å². The summed E-state index contributed by atoms with van der Waals surface area (Å²) in [7, 11) is 0. The Morgan fingerprint density at radius 2 is 2.55 bits per heavy atom. The Morgan fingerprint density at radius 3 is 3.45 bits per heavy atom. The van der Waals surface area contributed by atoms with E-state index in [0.717, 1.165) is 12.2 Å². The summed E-state index contributed by atoms with van der Waals surface area (Å²) >= 11 is 0. The van der Waals surface area contributed by atoms with Crippen LogP contribution < -0.4 is 5.32 Å². The molecule has 0 bridgehead atoms. The average molecular weight is 148 g/mol. The van der Waals surface area contributed by atoms with Crippen molar-refractivity contribution in [1.29, 1.82) is 0 Å². The van der Waals surface area contributed by atoms with Crippen molar-refractivity contribution < 1.29 is 1.43 Å². The van der Waals surface area contributed by atoms with Crippen LogP contribution in [0.1, 0.15) is 13.9 Å². The van der Waals surface area contributed by atoms with E-state index in [2.05, 4.69) is 29.4 Å². The average Bonchev–Trinajstić information content (AvgIpc) is 2.04. The van der Waals surface area contributed by atoms with Crippen molar-refractivity contribution in [3.63, 3.8) is 0 Å². The van der Waals surface area contributed by atoms with Crippen molar-refractivity contribution in [3.8, 4) is 0 Å². The highest BCUT2D eigenvalue weighted by Crippen LogP contribution is 2.19. The van der Waals surface area contributed by atoms with Gasteiger partial charge in [-0.25, -0.2) is 4.98 Å². The van der Waals surface area contributed by atoms with Crippen LogP contribution in [0.3, 0.4) is 0 Å². The molecule has 0 atom stereocenters. The zero-order valence-corrected chi connectivity index (χ0v) is 6.46. The third-order valence-corrected chi connectivity index (χ3v) is 1.84. The van der Waals surface area contributed by atoms with Gasteiger partial charge in [-0.05, 0) is 25.0 Å². The first kappa shape index (κ1) is 6.40. The molecule has 1 aliphatic heterocycles. The number of anilines is 1. The molecule has 11 heavy (non-hydrogen) atoms. The maximum absolute atomic E-state index is 4.22. The minimum Gasteiger partial charge on any atom is -0.344 e. The highest BCUT2D eigenvalue weighted by Gasteiger charge is 2.06. The predicted octanol–water partition coefficient (Wildman–Crippen LogP) is 2.20. The van der Waals surface area contributed by atoms with Gasteiger partial charge in [0.15, 0.2) is 0 Å². The Kier molecular flexibility index (Phi) is 1.39. The minimum absolute atomic E-state index is 0. The third kappa shape index (κ3) is 1.11. The number of hydrogen-bond acceptors (Lipinski definition) is 2. The summed E-state index contributed by atoms with van der Waals surface area (Å²) < 4.78 is 0. The molecule has 0 saturated carbocycles. The Bertz CT molecular complexity index is 307. The molecule has 0 spiro atoms. The Morgan fingerprint density at radius 1 is 1.64 bits per heavy atom. The van der Waals surface area contributed by atoms with Crippen LogP contribution in [-0.2, 0) is 6.42 Å². The van der Waals surface area contributed by atoms with Crippen molar-refractivity contribution in [2.24, 2.45) is 0 Å². The first-order chi connectivity index (χ1) is 5.36. The van der Waals surface area contributed by atoms with E-state index in [4.69, 9.17) is 0 Å². The number of fused-ring (bicyclic) bond motifs is 1. The highest BCUT2D eigenvalue weighted by atomic mass is 15.0. The molecule has 1 aromatic rings. The smallest absolute Gasteiger partial charge is 0.133 e. The molecule has 2 heteroatoms. The van der Waals surface area contributed by atoms with Gasteiger partial charge in [0.1, 0.15) is 5.82 Å². The van der Waals surface area contributed by atoms with Crippen LogP contribution in [0.25, 0.3) is 0 Å². The first-order valence-corrected chi connectivity index (χ1v) is 3.74. The molecule has 0 radical (unpaired) electrons. The quantitative estimate of drug-likeness (QED) is 0.610. The topological polar surface area (TPSA) is 24.9 Å². The van der Waals surface area contributed by atoms with Crippen LogP contribution in [0.15, 0.2) is 30.1 Å². The van der Waals surface area contributed by atoms with Crippen molar-refractivity contribution in [2.45, 2.75) is 13.3 Å². The lowest BCUT2D eigenvalue weighted by Crippen LogP contribution is -2.06. The zero-order valence-electron chi connectivity index (χ0n) is 6.46. The van der Waals surface area contributed by atoms with Crippen LogP contribution >= 0.6 is 0 Å². The summed E-state index contributed by atoms with van der Waals surface area (Å²) in [6.07, 6.45) is 4.98. The molecular weight excluding hydrogens is 136 g/mol. The van der Waals surface area contributed by atoms with Crippen LogP contribution in [0.5, 0.6) is 0 Å². The van der Waals surface area contributed by atoms with E-state index in [-0.39, 0.29) is 1.43 Å². The van der Waals surface area contributed by atoms with Crippen LogP contribution in [0.4, 0.5) is 5.82 Å². The number of allylic oxidation sites excluding steroid dienone is 2. The SMILES string of the molecule is CC1=CCc2cccnc2N1.[HH]. The molecule has 0 saturated heterocycles. The van der Waals surface area contributed by atoms with Gasteiger partial charge in [0, 0.05) is 13.3 Å². The fourth-order valence-electron chi connectivity index (χ4n) is 1.22. The first-order valence-electron chi connectivity index (χ1n) is 3.74. The van der Waals surface area contributed by atoms with Gasteiger partial charge in [0.25, 0.3) is 0 Å². The van der Waals surface area contributed by atoms with Crippen LogP contribution in [0.2, 0.25) is 0 Å². The van der Waals surface area contributed by atoms with Gasteiger partial charge >= 0.3 is 0 Å². The van der Waals surface area contributed by atoms with Crippen molar-refractivity contribution in [2.75, 3.05) is 5.32 Å². The summed E-state index contributed by atoms with van der Waals surface area (Å²) in [5.41, 5.74) is 2.47. The Balaban J connectivity index is 0.000000720. The monoisotopic (exact) mass is 148 g/mol. The molecule has 1 aliphatic rings. The van der Waals surface area contributed by atoms with Gasteiger partial charge in [0.2, 0.25) is 0 Å². The maximum atomic E-state index is 4.22. The largest absolute Gasteiger partial charge is 0.344 e. The molecule has 0 fully saturated rings. The number of hydrogen-bond donors (Lipinski definition) is 1. The molecule has 0 aliphatic carbocycles. The van der Waals surface area contributed by atoms with E-state index in [1.54, 1.807) is 0 Å². The van der Waals surface area contributed by atoms with Gasteiger partial charge in [-0.1, -0.05) is 12.1 Å². The summed E-state index contributed by atoms with van der Waals surface area (Å²) in [6, 6.07) is 4.06.